The highest BCUT2D eigenvalue weighted by atomic mass is 16.5. The molecule has 1 heterocycles. The maximum Gasteiger partial charge on any atom is 0.236 e. The van der Waals surface area contributed by atoms with Crippen LogP contribution in [0.25, 0.3) is 0 Å². The number of hydrogen-bond acceptors (Lipinski definition) is 5. The third-order valence-corrected chi connectivity index (χ3v) is 4.51. The summed E-state index contributed by atoms with van der Waals surface area (Å²) in [5.74, 6) is 2.48. The first-order valence-electron chi connectivity index (χ1n) is 8.74. The normalized spacial score (nSPS) is 18.2. The first-order valence-corrected chi connectivity index (χ1v) is 8.74. The van der Waals surface area contributed by atoms with Crippen molar-refractivity contribution in [2.45, 2.75) is 25.2 Å². The van der Waals surface area contributed by atoms with Crippen molar-refractivity contribution in [1.29, 1.82) is 5.26 Å². The van der Waals surface area contributed by atoms with Crippen LogP contribution < -0.4 is 10.1 Å². The van der Waals surface area contributed by atoms with Crippen molar-refractivity contribution < 1.29 is 9.15 Å². The molecule has 4 rings (SSSR count). The van der Waals surface area contributed by atoms with Crippen molar-refractivity contribution in [3.63, 3.8) is 0 Å². The molecule has 5 nitrogen and oxygen atoms in total. The maximum absolute atomic E-state index is 9.38. The molecule has 1 aliphatic rings. The van der Waals surface area contributed by atoms with Crippen LogP contribution in [0, 0.1) is 11.3 Å². The molecule has 0 saturated heterocycles. The van der Waals surface area contributed by atoms with E-state index in [9.17, 15) is 5.26 Å². The van der Waals surface area contributed by atoms with Crippen LogP contribution in [-0.2, 0) is 0 Å². The van der Waals surface area contributed by atoms with Crippen LogP contribution >= 0.6 is 0 Å². The van der Waals surface area contributed by atoms with Crippen molar-refractivity contribution in [3.05, 3.63) is 71.7 Å². The first-order chi connectivity index (χ1) is 12.8. The standard InChI is InChI=1S/C21H19N3O2/c1-2-25-16-10-8-15(9-11-16)23-21-19(13-22)24-20(26-21)18-12-17(18)14-6-4-3-5-7-14/h3-11,17-18,23H,2,12H2,1H3/t17-,18-/m1/s1. The lowest BCUT2D eigenvalue weighted by Gasteiger charge is -2.05. The van der Waals surface area contributed by atoms with E-state index in [4.69, 9.17) is 9.15 Å². The SMILES string of the molecule is CCOc1ccc(Nc2oc([C@@H]3C[C@@H]3c3ccccc3)nc2C#N)cc1. The zero-order valence-corrected chi connectivity index (χ0v) is 14.5. The lowest BCUT2D eigenvalue weighted by atomic mass is 10.1. The van der Waals surface area contributed by atoms with Crippen LogP contribution in [0.15, 0.2) is 59.0 Å². The van der Waals surface area contributed by atoms with Gasteiger partial charge in [-0.25, -0.2) is 4.98 Å². The van der Waals surface area contributed by atoms with Crippen molar-refractivity contribution in [3.8, 4) is 11.8 Å². The molecule has 5 heteroatoms. The summed E-state index contributed by atoms with van der Waals surface area (Å²) < 4.78 is 11.3. The molecule has 130 valence electrons. The van der Waals surface area contributed by atoms with Gasteiger partial charge in [0.15, 0.2) is 0 Å². The average molecular weight is 345 g/mol. The zero-order chi connectivity index (χ0) is 17.9. The fourth-order valence-electron chi connectivity index (χ4n) is 3.12. The zero-order valence-electron chi connectivity index (χ0n) is 14.5. The third-order valence-electron chi connectivity index (χ3n) is 4.51. The Hall–Kier alpha value is -3.26. The molecular weight excluding hydrogens is 326 g/mol. The number of benzene rings is 2. The van der Waals surface area contributed by atoms with Crippen molar-refractivity contribution in [2.24, 2.45) is 0 Å². The molecule has 2 aromatic carbocycles. The molecule has 1 saturated carbocycles. The molecule has 0 radical (unpaired) electrons. The Morgan fingerprint density at radius 3 is 2.62 bits per heavy atom. The first kappa shape index (κ1) is 16.2. The predicted octanol–water partition coefficient (Wildman–Crippen LogP) is 4.96. The van der Waals surface area contributed by atoms with Gasteiger partial charge in [0, 0.05) is 11.6 Å². The Bertz CT molecular complexity index is 926. The van der Waals surface area contributed by atoms with Crippen LogP contribution in [0.2, 0.25) is 0 Å². The number of nitrogens with one attached hydrogen (secondary N) is 1. The topological polar surface area (TPSA) is 71.1 Å². The molecule has 3 aromatic rings. The van der Waals surface area contributed by atoms with E-state index < -0.39 is 0 Å². The Kier molecular flexibility index (Phi) is 4.32. The molecule has 1 fully saturated rings. The second kappa shape index (κ2) is 6.93. The average Bonchev–Trinajstić information content (AvgIpc) is 3.38. The number of anilines is 2. The van der Waals surface area contributed by atoms with E-state index in [1.165, 1.54) is 5.56 Å². The summed E-state index contributed by atoms with van der Waals surface area (Å²) >= 11 is 0. The van der Waals surface area contributed by atoms with Crippen molar-refractivity contribution in [2.75, 3.05) is 11.9 Å². The molecule has 26 heavy (non-hydrogen) atoms. The van der Waals surface area contributed by atoms with Gasteiger partial charge in [-0.05, 0) is 49.1 Å². The van der Waals surface area contributed by atoms with Gasteiger partial charge in [-0.15, -0.1) is 0 Å². The Balaban J connectivity index is 1.50. The highest BCUT2D eigenvalue weighted by molar-refractivity contribution is 5.60. The number of aromatic nitrogens is 1. The number of rotatable bonds is 6. The van der Waals surface area contributed by atoms with E-state index in [2.05, 4.69) is 28.5 Å². The van der Waals surface area contributed by atoms with Gasteiger partial charge >= 0.3 is 0 Å². The molecule has 0 aliphatic heterocycles. The summed E-state index contributed by atoms with van der Waals surface area (Å²) in [6, 6.07) is 20.0. The van der Waals surface area contributed by atoms with Gasteiger partial charge in [0.25, 0.3) is 0 Å². The number of oxazole rings is 1. The molecule has 1 N–H and O–H groups in total. The number of nitriles is 1. The number of ether oxygens (including phenoxy) is 1. The van der Waals surface area contributed by atoms with Gasteiger partial charge in [0.05, 0.1) is 6.61 Å². The Labute approximate surface area is 152 Å². The van der Waals surface area contributed by atoms with Gasteiger partial charge in [0.2, 0.25) is 17.5 Å². The highest BCUT2D eigenvalue weighted by Crippen LogP contribution is 2.54. The fraction of sp³-hybridized carbons (Fsp3) is 0.238. The van der Waals surface area contributed by atoms with Crippen LogP contribution in [0.4, 0.5) is 11.6 Å². The maximum atomic E-state index is 9.38. The minimum atomic E-state index is 0.236. The summed E-state index contributed by atoms with van der Waals surface area (Å²) in [6.45, 7) is 2.57. The largest absolute Gasteiger partial charge is 0.494 e. The Morgan fingerprint density at radius 1 is 1.15 bits per heavy atom. The molecule has 0 bridgehead atoms. The van der Waals surface area contributed by atoms with E-state index in [0.717, 1.165) is 17.9 Å². The Morgan fingerprint density at radius 2 is 1.92 bits per heavy atom. The summed E-state index contributed by atoms with van der Waals surface area (Å²) in [5, 5.41) is 12.5. The summed E-state index contributed by atoms with van der Waals surface area (Å²) in [7, 11) is 0. The van der Waals surface area contributed by atoms with E-state index >= 15 is 0 Å². The fourth-order valence-corrected chi connectivity index (χ4v) is 3.12. The molecule has 2 atom stereocenters. The van der Waals surface area contributed by atoms with E-state index in [-0.39, 0.29) is 11.6 Å². The van der Waals surface area contributed by atoms with Gasteiger partial charge in [-0.3, -0.25) is 0 Å². The summed E-state index contributed by atoms with van der Waals surface area (Å²) in [4.78, 5) is 4.39. The minimum absolute atomic E-state index is 0.236. The van der Waals surface area contributed by atoms with Crippen LogP contribution in [-0.4, -0.2) is 11.6 Å². The van der Waals surface area contributed by atoms with E-state index in [1.807, 2.05) is 49.4 Å². The molecule has 0 amide bonds. The monoisotopic (exact) mass is 345 g/mol. The number of nitrogens with zero attached hydrogens (tertiary/aromatic N) is 2. The predicted molar refractivity (Wildman–Crippen MR) is 98.7 cm³/mol. The van der Waals surface area contributed by atoms with Crippen molar-refractivity contribution >= 4 is 11.6 Å². The smallest absolute Gasteiger partial charge is 0.236 e. The highest BCUT2D eigenvalue weighted by Gasteiger charge is 2.43. The van der Waals surface area contributed by atoms with Gasteiger partial charge in [-0.1, -0.05) is 30.3 Å². The third kappa shape index (κ3) is 3.27. The molecular formula is C21H19N3O2. The van der Waals surface area contributed by atoms with Gasteiger partial charge in [0.1, 0.15) is 11.8 Å². The summed E-state index contributed by atoms with van der Waals surface area (Å²) in [5.41, 5.74) is 2.39. The van der Waals surface area contributed by atoms with Gasteiger partial charge in [-0.2, -0.15) is 5.26 Å². The van der Waals surface area contributed by atoms with Crippen LogP contribution in [0.5, 0.6) is 5.75 Å². The summed E-state index contributed by atoms with van der Waals surface area (Å²) in [6.07, 6.45) is 0.998. The quantitative estimate of drug-likeness (QED) is 0.684. The number of hydrogen-bond donors (Lipinski definition) is 1. The van der Waals surface area contributed by atoms with Crippen molar-refractivity contribution in [1.82, 2.24) is 4.98 Å². The minimum Gasteiger partial charge on any atom is -0.494 e. The second-order valence-corrected chi connectivity index (χ2v) is 6.28. The molecule has 0 unspecified atom stereocenters. The molecule has 0 spiro atoms. The van der Waals surface area contributed by atoms with Gasteiger partial charge < -0.3 is 14.5 Å². The lowest BCUT2D eigenvalue weighted by Crippen LogP contribution is -1.93. The van der Waals surface area contributed by atoms with E-state index in [1.54, 1.807) is 0 Å². The molecule has 1 aromatic heterocycles. The van der Waals surface area contributed by atoms with Crippen LogP contribution in [0.3, 0.4) is 0 Å². The molecule has 1 aliphatic carbocycles. The van der Waals surface area contributed by atoms with Crippen LogP contribution in [0.1, 0.15) is 42.3 Å². The lowest BCUT2D eigenvalue weighted by molar-refractivity contribution is 0.340. The van der Waals surface area contributed by atoms with E-state index in [0.29, 0.717) is 24.3 Å². The second-order valence-electron chi connectivity index (χ2n) is 6.28.